The fourth-order valence-electron chi connectivity index (χ4n) is 2.33. The van der Waals surface area contributed by atoms with E-state index in [9.17, 15) is 4.79 Å². The number of hydrogen-bond donors (Lipinski definition) is 0. The second kappa shape index (κ2) is 4.76. The first-order valence-electron chi connectivity index (χ1n) is 7.57. The van der Waals surface area contributed by atoms with Crippen LogP contribution in [0.15, 0.2) is 48.5 Å². The van der Waals surface area contributed by atoms with Crippen molar-refractivity contribution in [2.24, 2.45) is 0 Å². The number of nitrogens with zero attached hydrogens (tertiary/aromatic N) is 1. The average molecular weight is 256 g/mol. The number of amides is 1. The summed E-state index contributed by atoms with van der Waals surface area (Å²) in [6, 6.07) is 14.3. The lowest BCUT2D eigenvalue weighted by atomic mass is 10.1. The van der Waals surface area contributed by atoms with Crippen molar-refractivity contribution in [2.75, 3.05) is 7.04 Å². The zero-order chi connectivity index (χ0) is 15.7. The molecule has 96 valence electrons. The Hall–Kier alpha value is -2.29. The van der Waals surface area contributed by atoms with E-state index >= 15 is 0 Å². The highest BCUT2D eigenvalue weighted by Crippen LogP contribution is 2.24. The highest BCUT2D eigenvalue weighted by molar-refractivity contribution is 5.98. The summed E-state index contributed by atoms with van der Waals surface area (Å²) >= 11 is 0. The Morgan fingerprint density at radius 2 is 2.00 bits per heavy atom. The molecule has 0 spiro atoms. The van der Waals surface area contributed by atoms with Crippen LogP contribution in [-0.4, -0.2) is 17.8 Å². The molecule has 19 heavy (non-hydrogen) atoms. The Labute approximate surface area is 116 Å². The van der Waals surface area contributed by atoms with Gasteiger partial charge in [0.25, 0.3) is 5.91 Å². The number of methoxy groups -OCH3 is 1. The van der Waals surface area contributed by atoms with Crippen molar-refractivity contribution in [1.29, 1.82) is 0 Å². The van der Waals surface area contributed by atoms with E-state index in [1.165, 1.54) is 0 Å². The third-order valence-corrected chi connectivity index (χ3v) is 3.31. The van der Waals surface area contributed by atoms with Crippen LogP contribution < -0.4 is 4.74 Å². The lowest BCUT2D eigenvalue weighted by molar-refractivity contribution is 0.0766. The molecular formula is C16H15NO2. The minimum Gasteiger partial charge on any atom is -0.497 e. The number of benzene rings is 2. The molecule has 3 heteroatoms. The van der Waals surface area contributed by atoms with Crippen LogP contribution in [0.1, 0.15) is 25.6 Å². The van der Waals surface area contributed by atoms with Crippen molar-refractivity contribution in [3.8, 4) is 5.75 Å². The molecule has 3 nitrogen and oxygen atoms in total. The molecule has 0 saturated carbocycles. The molecule has 0 aromatic heterocycles. The van der Waals surface area contributed by atoms with Crippen molar-refractivity contribution in [3.05, 3.63) is 65.2 Å². The number of hydrogen-bond acceptors (Lipinski definition) is 2. The van der Waals surface area contributed by atoms with Gasteiger partial charge in [-0.1, -0.05) is 30.3 Å². The molecule has 0 saturated heterocycles. The average Bonchev–Trinajstić information content (AvgIpc) is 2.77. The number of rotatable bonds is 3. The van der Waals surface area contributed by atoms with Crippen LogP contribution in [0.25, 0.3) is 0 Å². The van der Waals surface area contributed by atoms with E-state index in [2.05, 4.69) is 0 Å². The molecule has 3 rings (SSSR count). The molecule has 2 aromatic carbocycles. The topological polar surface area (TPSA) is 29.5 Å². The van der Waals surface area contributed by atoms with Crippen LogP contribution in [0, 0.1) is 0 Å². The summed E-state index contributed by atoms with van der Waals surface area (Å²) in [5.74, 6) is 0.318. The molecule has 0 atom stereocenters. The first-order valence-corrected chi connectivity index (χ1v) is 6.07. The van der Waals surface area contributed by atoms with Crippen molar-refractivity contribution < 1.29 is 13.6 Å². The van der Waals surface area contributed by atoms with Gasteiger partial charge in [-0.05, 0) is 29.3 Å². The smallest absolute Gasteiger partial charge is 0.254 e. The van der Waals surface area contributed by atoms with Gasteiger partial charge < -0.3 is 9.64 Å². The fraction of sp³-hybridized carbons (Fsp3) is 0.188. The second-order valence-corrected chi connectivity index (χ2v) is 4.56. The molecule has 0 unspecified atom stereocenters. The summed E-state index contributed by atoms with van der Waals surface area (Å²) < 4.78 is 26.0. The first-order chi connectivity index (χ1) is 10.4. The van der Waals surface area contributed by atoms with Gasteiger partial charge in [-0.15, -0.1) is 0 Å². The zero-order valence-electron chi connectivity index (χ0n) is 13.3. The quantitative estimate of drug-likeness (QED) is 0.845. The molecule has 0 N–H and O–H groups in total. The fourth-order valence-corrected chi connectivity index (χ4v) is 2.33. The number of ether oxygens (including phenoxy) is 1. The third-order valence-electron chi connectivity index (χ3n) is 3.31. The van der Waals surface area contributed by atoms with Gasteiger partial charge >= 0.3 is 0 Å². The first kappa shape index (κ1) is 8.75. The van der Waals surface area contributed by atoms with Crippen molar-refractivity contribution in [3.63, 3.8) is 0 Å². The minimum absolute atomic E-state index is 0.0263. The van der Waals surface area contributed by atoms with Crippen LogP contribution in [0.2, 0.25) is 0 Å². The van der Waals surface area contributed by atoms with Crippen molar-refractivity contribution in [1.82, 2.24) is 4.90 Å². The van der Waals surface area contributed by atoms with Crippen LogP contribution in [0.4, 0.5) is 0 Å². The summed E-state index contributed by atoms with van der Waals surface area (Å²) in [5, 5.41) is 0. The molecule has 0 aliphatic carbocycles. The van der Waals surface area contributed by atoms with Gasteiger partial charge in [-0.25, -0.2) is 0 Å². The molecule has 0 bridgehead atoms. The van der Waals surface area contributed by atoms with Gasteiger partial charge in [0.1, 0.15) is 5.75 Å². The minimum atomic E-state index is -2.45. The second-order valence-electron chi connectivity index (χ2n) is 4.56. The van der Waals surface area contributed by atoms with Crippen molar-refractivity contribution in [2.45, 2.75) is 13.1 Å². The number of carbonyl (C=O) groups excluding carboxylic acids is 1. The summed E-state index contributed by atoms with van der Waals surface area (Å²) in [6.45, 7) is 1.09. The van der Waals surface area contributed by atoms with E-state index in [1.807, 2.05) is 24.3 Å². The zero-order valence-corrected chi connectivity index (χ0v) is 10.3. The third kappa shape index (κ3) is 2.19. The number of fused-ring (bicyclic) bond motifs is 1. The molecule has 1 aliphatic rings. The van der Waals surface area contributed by atoms with Crippen LogP contribution >= 0.6 is 0 Å². The van der Waals surface area contributed by atoms with E-state index in [-0.39, 0.29) is 5.91 Å². The van der Waals surface area contributed by atoms with Gasteiger partial charge in [0.15, 0.2) is 0 Å². The Bertz CT molecular complexity index is 695. The predicted molar refractivity (Wildman–Crippen MR) is 73.0 cm³/mol. The Kier molecular flexibility index (Phi) is 2.19. The molecule has 1 aliphatic heterocycles. The Morgan fingerprint density at radius 1 is 1.21 bits per heavy atom. The SMILES string of the molecule is [2H]C([2H])([2H])Oc1ccc(CN2Cc3ccccc3C2=O)cc1. The van der Waals surface area contributed by atoms with Gasteiger partial charge in [0.05, 0.1) is 11.2 Å². The maximum absolute atomic E-state index is 12.3. The predicted octanol–water partition coefficient (Wildman–Crippen LogP) is 2.85. The van der Waals surface area contributed by atoms with Crippen LogP contribution in [-0.2, 0) is 13.1 Å². The highest BCUT2D eigenvalue weighted by Gasteiger charge is 2.26. The molecule has 1 heterocycles. The molecule has 2 aromatic rings. The largest absolute Gasteiger partial charge is 0.497 e. The van der Waals surface area contributed by atoms with Gasteiger partial charge in [0, 0.05) is 18.7 Å². The highest BCUT2D eigenvalue weighted by atomic mass is 16.5. The summed E-state index contributed by atoms with van der Waals surface area (Å²) in [6.07, 6.45) is 0. The maximum atomic E-state index is 12.3. The molecule has 1 amide bonds. The summed E-state index contributed by atoms with van der Waals surface area (Å²) in [5.41, 5.74) is 2.72. The lowest BCUT2D eigenvalue weighted by Gasteiger charge is -2.15. The Morgan fingerprint density at radius 3 is 2.74 bits per heavy atom. The summed E-state index contributed by atoms with van der Waals surface area (Å²) in [7, 11) is -2.45. The normalized spacial score (nSPS) is 16.5. The monoisotopic (exact) mass is 256 g/mol. The van der Waals surface area contributed by atoms with Crippen LogP contribution in [0.3, 0.4) is 0 Å². The standard InChI is InChI=1S/C16H15NO2/c1-19-14-8-6-12(7-9-14)10-17-11-13-4-2-3-5-15(13)16(17)18/h2-9H,10-11H2,1H3/i1D3. The van der Waals surface area contributed by atoms with E-state index in [0.717, 1.165) is 16.7 Å². The molecule has 0 fully saturated rings. The van der Waals surface area contributed by atoms with E-state index in [0.29, 0.717) is 18.8 Å². The van der Waals surface area contributed by atoms with Crippen molar-refractivity contribution >= 4 is 5.91 Å². The summed E-state index contributed by atoms with van der Waals surface area (Å²) in [4.78, 5) is 14.1. The van der Waals surface area contributed by atoms with Crippen LogP contribution in [0.5, 0.6) is 5.75 Å². The molecular weight excluding hydrogens is 238 g/mol. The van der Waals surface area contributed by atoms with E-state index in [4.69, 9.17) is 8.85 Å². The molecule has 0 radical (unpaired) electrons. The van der Waals surface area contributed by atoms with Gasteiger partial charge in [-0.2, -0.15) is 0 Å². The Balaban J connectivity index is 1.69. The lowest BCUT2D eigenvalue weighted by Crippen LogP contribution is -2.23. The maximum Gasteiger partial charge on any atom is 0.254 e. The van der Waals surface area contributed by atoms with Gasteiger partial charge in [-0.3, -0.25) is 4.79 Å². The van der Waals surface area contributed by atoms with E-state index in [1.54, 1.807) is 29.2 Å². The van der Waals surface area contributed by atoms with E-state index < -0.39 is 7.04 Å². The van der Waals surface area contributed by atoms with Gasteiger partial charge in [0.2, 0.25) is 0 Å². The number of carbonyl (C=O) groups is 1.